The van der Waals surface area contributed by atoms with Crippen LogP contribution in [0.2, 0.25) is 0 Å². The van der Waals surface area contributed by atoms with Crippen LogP contribution in [0, 0.1) is 6.92 Å². The summed E-state index contributed by atoms with van der Waals surface area (Å²) < 4.78 is 40.4. The molecule has 3 fully saturated rings. The lowest BCUT2D eigenvalue weighted by atomic mass is 9.91. The zero-order valence-corrected chi connectivity index (χ0v) is 20.5. The number of rotatable bonds is 4. The number of aromatic nitrogens is 1. The molecule has 1 unspecified atom stereocenters. The van der Waals surface area contributed by atoms with E-state index in [1.807, 2.05) is 25.1 Å². The van der Waals surface area contributed by atoms with Crippen LogP contribution in [0.15, 0.2) is 29.3 Å². The van der Waals surface area contributed by atoms with Crippen molar-refractivity contribution >= 4 is 32.7 Å². The monoisotopic (exact) mass is 490 g/mol. The minimum absolute atomic E-state index is 0.0130. The van der Waals surface area contributed by atoms with Crippen LogP contribution in [0.3, 0.4) is 0 Å². The maximum Gasteiger partial charge on any atom is 0.259 e. The summed E-state index contributed by atoms with van der Waals surface area (Å²) in [5.74, 6) is -0.302. The molecule has 1 N–H and O–H groups in total. The summed E-state index contributed by atoms with van der Waals surface area (Å²) >= 11 is 0. The van der Waals surface area contributed by atoms with Gasteiger partial charge >= 0.3 is 0 Å². The Hall–Kier alpha value is -2.47. The maximum atomic E-state index is 13.6. The standard InChI is InChI=1S/C23H30N4O6S/c1-16-4-5-19-18(10-16)11-20(24-19)34(30,31)26-12-21(29)27-13-22(33-23(27,14-26)15-32-3)6-8-25(9-7-22)17(2)28/h4-5,10-11,24H,6-9,12-15H2,1-3H3. The highest BCUT2D eigenvalue weighted by Crippen LogP contribution is 2.44. The van der Waals surface area contributed by atoms with Crippen molar-refractivity contribution in [1.29, 1.82) is 0 Å². The van der Waals surface area contributed by atoms with E-state index in [9.17, 15) is 18.0 Å². The topological polar surface area (TPSA) is 112 Å². The fraction of sp³-hybridized carbons (Fsp3) is 0.565. The highest BCUT2D eigenvalue weighted by atomic mass is 32.2. The van der Waals surface area contributed by atoms with Gasteiger partial charge in [-0.25, -0.2) is 8.42 Å². The zero-order chi connectivity index (χ0) is 24.3. The number of ether oxygens (including phenoxy) is 2. The second kappa shape index (κ2) is 8.04. The molecule has 0 radical (unpaired) electrons. The molecule has 0 bridgehead atoms. The number of sulfonamides is 1. The molecule has 3 saturated heterocycles. The molecule has 5 rings (SSSR count). The van der Waals surface area contributed by atoms with Crippen molar-refractivity contribution in [1.82, 2.24) is 19.1 Å². The normalized spacial score (nSPS) is 25.3. The van der Waals surface area contributed by atoms with Gasteiger partial charge in [0, 0.05) is 38.0 Å². The number of piperazine rings is 1. The van der Waals surface area contributed by atoms with E-state index in [2.05, 4.69) is 4.98 Å². The van der Waals surface area contributed by atoms with E-state index in [1.54, 1.807) is 22.8 Å². The third-order valence-corrected chi connectivity index (χ3v) is 8.95. The Labute approximate surface area is 198 Å². The van der Waals surface area contributed by atoms with Gasteiger partial charge in [0.2, 0.25) is 11.8 Å². The second-order valence-electron chi connectivity index (χ2n) is 9.65. The number of fused-ring (bicyclic) bond motifs is 2. The Balaban J connectivity index is 1.45. The Kier molecular flexibility index (Phi) is 5.51. The van der Waals surface area contributed by atoms with Gasteiger partial charge in [-0.15, -0.1) is 0 Å². The van der Waals surface area contributed by atoms with E-state index >= 15 is 0 Å². The number of nitrogens with one attached hydrogen (secondary N) is 1. The van der Waals surface area contributed by atoms with Gasteiger partial charge in [0.05, 0.1) is 31.8 Å². The second-order valence-corrected chi connectivity index (χ2v) is 11.6. The van der Waals surface area contributed by atoms with Gasteiger partial charge in [-0.1, -0.05) is 11.6 Å². The van der Waals surface area contributed by atoms with Crippen LogP contribution >= 0.6 is 0 Å². The van der Waals surface area contributed by atoms with Crippen molar-refractivity contribution in [3.63, 3.8) is 0 Å². The van der Waals surface area contributed by atoms with E-state index < -0.39 is 21.3 Å². The molecule has 1 atom stereocenters. The largest absolute Gasteiger partial charge is 0.380 e. The SMILES string of the molecule is COCC12CN(S(=O)(=O)c3cc4cc(C)ccc4[nH]3)CC(=O)N1CC1(CCN(C(C)=O)CC1)O2. The third kappa shape index (κ3) is 3.71. The van der Waals surface area contributed by atoms with Crippen LogP contribution in [0.1, 0.15) is 25.3 Å². The van der Waals surface area contributed by atoms with Crippen LogP contribution in [-0.2, 0) is 29.1 Å². The number of carbonyl (C=O) groups excluding carboxylic acids is 2. The molecule has 2 amide bonds. The van der Waals surface area contributed by atoms with E-state index in [0.29, 0.717) is 38.0 Å². The number of likely N-dealkylation sites (tertiary alicyclic amines) is 1. The van der Waals surface area contributed by atoms with Crippen LogP contribution in [0.5, 0.6) is 0 Å². The average molecular weight is 491 g/mol. The van der Waals surface area contributed by atoms with Crippen molar-refractivity contribution in [2.24, 2.45) is 0 Å². The van der Waals surface area contributed by atoms with Crippen LogP contribution in [0.4, 0.5) is 0 Å². The van der Waals surface area contributed by atoms with Crippen molar-refractivity contribution in [2.75, 3.05) is 46.4 Å². The number of H-pyrrole nitrogens is 1. The molecule has 1 spiro atoms. The van der Waals surface area contributed by atoms with Gasteiger partial charge in [-0.3, -0.25) is 9.59 Å². The summed E-state index contributed by atoms with van der Waals surface area (Å²) in [5, 5.41) is 0.841. The first-order valence-electron chi connectivity index (χ1n) is 11.4. The summed E-state index contributed by atoms with van der Waals surface area (Å²) in [5.41, 5.74) is -0.0933. The molecule has 0 aliphatic carbocycles. The van der Waals surface area contributed by atoms with Crippen LogP contribution in [0.25, 0.3) is 10.9 Å². The number of hydrogen-bond acceptors (Lipinski definition) is 6. The molecule has 34 heavy (non-hydrogen) atoms. The first-order chi connectivity index (χ1) is 16.1. The quantitative estimate of drug-likeness (QED) is 0.686. The first kappa shape index (κ1) is 23.3. The number of methoxy groups -OCH3 is 1. The number of piperidine rings is 1. The lowest BCUT2D eigenvalue weighted by Gasteiger charge is -2.44. The molecule has 184 valence electrons. The van der Waals surface area contributed by atoms with E-state index in [1.165, 1.54) is 11.4 Å². The van der Waals surface area contributed by atoms with Gasteiger partial charge < -0.3 is 24.3 Å². The number of benzene rings is 1. The molecular weight excluding hydrogens is 460 g/mol. The minimum atomic E-state index is -3.99. The average Bonchev–Trinajstić information content (AvgIpc) is 3.34. The van der Waals surface area contributed by atoms with Crippen LogP contribution < -0.4 is 0 Å². The number of amides is 2. The number of carbonyl (C=O) groups is 2. The fourth-order valence-electron chi connectivity index (χ4n) is 5.46. The van der Waals surface area contributed by atoms with Gasteiger partial charge in [-0.05, 0) is 38.0 Å². The van der Waals surface area contributed by atoms with Gasteiger partial charge in [0.15, 0.2) is 5.72 Å². The summed E-state index contributed by atoms with van der Waals surface area (Å²) in [6.07, 6.45) is 1.16. The summed E-state index contributed by atoms with van der Waals surface area (Å²) in [7, 11) is -2.47. The fourth-order valence-corrected chi connectivity index (χ4v) is 6.91. The van der Waals surface area contributed by atoms with E-state index in [-0.39, 0.29) is 36.5 Å². The molecule has 0 saturated carbocycles. The summed E-state index contributed by atoms with van der Waals surface area (Å²) in [4.78, 5) is 31.4. The van der Waals surface area contributed by atoms with Crippen LogP contribution in [-0.4, -0.2) is 97.1 Å². The van der Waals surface area contributed by atoms with Crippen molar-refractivity contribution in [2.45, 2.75) is 43.0 Å². The first-order valence-corrected chi connectivity index (χ1v) is 12.9. The summed E-state index contributed by atoms with van der Waals surface area (Å²) in [6, 6.07) is 7.27. The minimum Gasteiger partial charge on any atom is -0.380 e. The Morgan fingerprint density at radius 2 is 1.94 bits per heavy atom. The molecule has 4 heterocycles. The van der Waals surface area contributed by atoms with Crippen molar-refractivity contribution < 1.29 is 27.5 Å². The Morgan fingerprint density at radius 3 is 2.62 bits per heavy atom. The molecular formula is C23H30N4O6S. The number of aryl methyl sites for hydroxylation is 1. The zero-order valence-electron chi connectivity index (χ0n) is 19.7. The van der Waals surface area contributed by atoms with E-state index in [4.69, 9.17) is 9.47 Å². The van der Waals surface area contributed by atoms with Gasteiger partial charge in [-0.2, -0.15) is 4.31 Å². The number of nitrogens with zero attached hydrogens (tertiary/aromatic N) is 3. The smallest absolute Gasteiger partial charge is 0.259 e. The summed E-state index contributed by atoms with van der Waals surface area (Å²) in [6.45, 7) is 4.69. The predicted molar refractivity (Wildman–Crippen MR) is 123 cm³/mol. The lowest BCUT2D eigenvalue weighted by molar-refractivity contribution is -0.197. The Morgan fingerprint density at radius 1 is 1.21 bits per heavy atom. The Bertz CT molecular complexity index is 1250. The lowest BCUT2D eigenvalue weighted by Crippen LogP contribution is -2.65. The van der Waals surface area contributed by atoms with Gasteiger partial charge in [0.1, 0.15) is 5.03 Å². The van der Waals surface area contributed by atoms with Gasteiger partial charge in [0.25, 0.3) is 10.0 Å². The van der Waals surface area contributed by atoms with E-state index in [0.717, 1.165) is 10.9 Å². The molecule has 3 aliphatic heterocycles. The highest BCUT2D eigenvalue weighted by Gasteiger charge is 2.61. The maximum absolute atomic E-state index is 13.6. The molecule has 1 aromatic heterocycles. The molecule has 1 aromatic carbocycles. The third-order valence-electron chi connectivity index (χ3n) is 7.24. The highest BCUT2D eigenvalue weighted by molar-refractivity contribution is 7.89. The molecule has 3 aliphatic rings. The number of aromatic amines is 1. The number of hydrogen-bond donors (Lipinski definition) is 1. The molecule has 10 nitrogen and oxygen atoms in total. The van der Waals surface area contributed by atoms with Crippen molar-refractivity contribution in [3.05, 3.63) is 29.8 Å². The van der Waals surface area contributed by atoms with Crippen molar-refractivity contribution in [3.8, 4) is 0 Å². The molecule has 11 heteroatoms. The predicted octanol–water partition coefficient (Wildman–Crippen LogP) is 1.06. The molecule has 2 aromatic rings.